The SMILES string of the molecule is CCOC(=O)N1CC=C(c2cccn3nc(Nc4ccc(C(=O)N5CCCC56CCCNC6)cc4)nc23)CC1. The number of likely N-dealkylation sites (tertiary alicyclic amines) is 1. The first-order chi connectivity index (χ1) is 19.1. The molecule has 0 bridgehead atoms. The summed E-state index contributed by atoms with van der Waals surface area (Å²) in [7, 11) is 0. The van der Waals surface area contributed by atoms with E-state index in [1.165, 1.54) is 0 Å². The smallest absolute Gasteiger partial charge is 0.410 e. The lowest BCUT2D eigenvalue weighted by Crippen LogP contribution is -2.56. The van der Waals surface area contributed by atoms with Gasteiger partial charge in [0.1, 0.15) is 0 Å². The summed E-state index contributed by atoms with van der Waals surface area (Å²) in [5.74, 6) is 0.596. The molecule has 1 aromatic carbocycles. The summed E-state index contributed by atoms with van der Waals surface area (Å²) in [5, 5.41) is 11.4. The fraction of sp³-hybridized carbons (Fsp3) is 0.448. The third-order valence-electron chi connectivity index (χ3n) is 8.12. The monoisotopic (exact) mass is 529 g/mol. The van der Waals surface area contributed by atoms with Gasteiger partial charge in [-0.2, -0.15) is 4.98 Å². The van der Waals surface area contributed by atoms with Gasteiger partial charge >= 0.3 is 6.09 Å². The second-order valence-electron chi connectivity index (χ2n) is 10.5. The maximum atomic E-state index is 13.4. The average Bonchev–Trinajstić information content (AvgIpc) is 3.57. The van der Waals surface area contributed by atoms with Gasteiger partial charge in [-0.25, -0.2) is 9.31 Å². The van der Waals surface area contributed by atoms with Crippen molar-refractivity contribution in [2.45, 2.75) is 44.6 Å². The van der Waals surface area contributed by atoms with Gasteiger partial charge < -0.3 is 25.2 Å². The molecule has 1 spiro atoms. The van der Waals surface area contributed by atoms with Crippen LogP contribution < -0.4 is 10.6 Å². The van der Waals surface area contributed by atoms with E-state index in [0.717, 1.165) is 74.2 Å². The molecule has 2 N–H and O–H groups in total. The molecule has 0 saturated carbocycles. The van der Waals surface area contributed by atoms with Crippen molar-refractivity contribution in [2.75, 3.05) is 44.6 Å². The highest BCUT2D eigenvalue weighted by Gasteiger charge is 2.44. The first-order valence-corrected chi connectivity index (χ1v) is 13.9. The van der Waals surface area contributed by atoms with Crippen molar-refractivity contribution < 1.29 is 14.3 Å². The molecule has 39 heavy (non-hydrogen) atoms. The molecule has 2 aromatic heterocycles. The quantitative estimate of drug-likeness (QED) is 0.513. The lowest BCUT2D eigenvalue weighted by atomic mass is 9.87. The largest absolute Gasteiger partial charge is 0.450 e. The molecule has 3 aliphatic heterocycles. The van der Waals surface area contributed by atoms with E-state index in [-0.39, 0.29) is 17.5 Å². The summed E-state index contributed by atoms with van der Waals surface area (Å²) in [5.41, 5.74) is 4.38. The molecule has 204 valence electrons. The van der Waals surface area contributed by atoms with Gasteiger partial charge in [-0.15, -0.1) is 5.10 Å². The Hall–Kier alpha value is -3.92. The van der Waals surface area contributed by atoms with Crippen LogP contribution in [0.5, 0.6) is 0 Å². The third kappa shape index (κ3) is 4.96. The molecular weight excluding hydrogens is 494 g/mol. The Labute approximate surface area is 228 Å². The Balaban J connectivity index is 1.16. The van der Waals surface area contributed by atoms with Crippen LogP contribution in [0.3, 0.4) is 0 Å². The number of fused-ring (bicyclic) bond motifs is 1. The molecule has 2 fully saturated rings. The Bertz CT molecular complexity index is 1390. The zero-order valence-electron chi connectivity index (χ0n) is 22.4. The van der Waals surface area contributed by atoms with Crippen molar-refractivity contribution in [2.24, 2.45) is 0 Å². The second-order valence-corrected chi connectivity index (χ2v) is 10.5. The summed E-state index contributed by atoms with van der Waals surface area (Å²) < 4.78 is 6.89. The number of amides is 2. The van der Waals surface area contributed by atoms with Gasteiger partial charge in [0.25, 0.3) is 5.91 Å². The summed E-state index contributed by atoms with van der Waals surface area (Å²) in [6, 6.07) is 11.6. The van der Waals surface area contributed by atoms with Gasteiger partial charge in [-0.3, -0.25) is 4.79 Å². The van der Waals surface area contributed by atoms with Gasteiger partial charge in [-0.05, 0) is 87.5 Å². The number of nitrogens with zero attached hydrogens (tertiary/aromatic N) is 5. The highest BCUT2D eigenvalue weighted by Crippen LogP contribution is 2.36. The molecule has 10 heteroatoms. The zero-order valence-corrected chi connectivity index (χ0v) is 22.4. The van der Waals surface area contributed by atoms with Crippen LogP contribution in [-0.4, -0.2) is 81.3 Å². The Morgan fingerprint density at radius 3 is 2.72 bits per heavy atom. The number of hydrogen-bond donors (Lipinski definition) is 2. The Morgan fingerprint density at radius 2 is 1.97 bits per heavy atom. The number of anilines is 2. The summed E-state index contributed by atoms with van der Waals surface area (Å²) in [6.45, 7) is 6.05. The van der Waals surface area contributed by atoms with Gasteiger partial charge in [-0.1, -0.05) is 6.08 Å². The molecule has 6 rings (SSSR count). The number of benzene rings is 1. The van der Waals surface area contributed by atoms with Gasteiger partial charge in [0.05, 0.1) is 12.1 Å². The topological polar surface area (TPSA) is 104 Å². The maximum Gasteiger partial charge on any atom is 0.410 e. The molecular formula is C29H35N7O3. The van der Waals surface area contributed by atoms with Crippen LogP contribution in [-0.2, 0) is 4.74 Å². The molecule has 2 amide bonds. The molecule has 3 aromatic rings. The van der Waals surface area contributed by atoms with Crippen LogP contribution in [0.1, 0.15) is 54.9 Å². The fourth-order valence-electron chi connectivity index (χ4n) is 6.14. The van der Waals surface area contributed by atoms with Crippen molar-refractivity contribution in [3.8, 4) is 0 Å². The average molecular weight is 530 g/mol. The highest BCUT2D eigenvalue weighted by atomic mass is 16.6. The van der Waals surface area contributed by atoms with E-state index in [4.69, 9.17) is 9.72 Å². The van der Waals surface area contributed by atoms with Gasteiger partial charge in [0, 0.05) is 49.2 Å². The van der Waals surface area contributed by atoms with E-state index in [9.17, 15) is 9.59 Å². The molecule has 1 unspecified atom stereocenters. The van der Waals surface area contributed by atoms with E-state index in [1.54, 1.807) is 9.42 Å². The molecule has 1 atom stereocenters. The number of aromatic nitrogens is 3. The number of pyridine rings is 1. The normalized spacial score (nSPS) is 21.3. The van der Waals surface area contributed by atoms with Crippen molar-refractivity contribution in [3.05, 3.63) is 59.8 Å². The van der Waals surface area contributed by atoms with E-state index in [1.807, 2.05) is 49.5 Å². The minimum atomic E-state index is -0.279. The van der Waals surface area contributed by atoms with Crippen LogP contribution in [0.2, 0.25) is 0 Å². The van der Waals surface area contributed by atoms with E-state index in [2.05, 4.69) is 26.7 Å². The molecule has 5 heterocycles. The van der Waals surface area contributed by atoms with Crippen molar-refractivity contribution in [3.63, 3.8) is 0 Å². The summed E-state index contributed by atoms with van der Waals surface area (Å²) >= 11 is 0. The number of piperidine rings is 1. The Kier molecular flexibility index (Phi) is 6.95. The Morgan fingerprint density at radius 1 is 1.13 bits per heavy atom. The maximum absolute atomic E-state index is 13.4. The number of carbonyl (C=O) groups is 2. The molecule has 3 aliphatic rings. The summed E-state index contributed by atoms with van der Waals surface area (Å²) in [6.07, 6.45) is 8.71. The first kappa shape index (κ1) is 25.4. The van der Waals surface area contributed by atoms with Crippen LogP contribution >= 0.6 is 0 Å². The first-order valence-electron chi connectivity index (χ1n) is 13.9. The molecule has 10 nitrogen and oxygen atoms in total. The lowest BCUT2D eigenvalue weighted by Gasteiger charge is -2.42. The van der Waals surface area contributed by atoms with E-state index < -0.39 is 0 Å². The predicted octanol–water partition coefficient (Wildman–Crippen LogP) is 4.08. The number of carbonyl (C=O) groups excluding carboxylic acids is 2. The van der Waals surface area contributed by atoms with Crippen LogP contribution in [0, 0.1) is 0 Å². The van der Waals surface area contributed by atoms with E-state index in [0.29, 0.717) is 31.2 Å². The van der Waals surface area contributed by atoms with Crippen molar-refractivity contribution in [1.82, 2.24) is 29.7 Å². The lowest BCUT2D eigenvalue weighted by molar-refractivity contribution is 0.0534. The number of hydrogen-bond acceptors (Lipinski definition) is 7. The molecule has 0 aliphatic carbocycles. The van der Waals surface area contributed by atoms with Crippen LogP contribution in [0.15, 0.2) is 48.7 Å². The van der Waals surface area contributed by atoms with Crippen LogP contribution in [0.25, 0.3) is 11.2 Å². The van der Waals surface area contributed by atoms with Gasteiger partial charge in [0.2, 0.25) is 5.95 Å². The minimum Gasteiger partial charge on any atom is -0.450 e. The van der Waals surface area contributed by atoms with E-state index >= 15 is 0 Å². The fourth-order valence-corrected chi connectivity index (χ4v) is 6.14. The minimum absolute atomic E-state index is 0.0324. The van der Waals surface area contributed by atoms with Gasteiger partial charge in [0.15, 0.2) is 5.65 Å². The number of nitrogens with one attached hydrogen (secondary N) is 2. The summed E-state index contributed by atoms with van der Waals surface area (Å²) in [4.78, 5) is 34.0. The predicted molar refractivity (Wildman–Crippen MR) is 149 cm³/mol. The molecule has 2 saturated heterocycles. The van der Waals surface area contributed by atoms with Crippen molar-refractivity contribution in [1.29, 1.82) is 0 Å². The standard InChI is InChI=1S/C29H35N7O3/c1-2-39-28(38)34-18-11-21(12-19-34)24-6-3-17-36-25(24)32-27(33-36)31-23-9-7-22(8-10-23)26(37)35-16-5-14-29(35)13-4-15-30-20-29/h3,6-11,17,30H,2,4-5,12-16,18-20H2,1H3,(H,31,33). The second kappa shape index (κ2) is 10.7. The number of rotatable bonds is 5. The zero-order chi connectivity index (χ0) is 26.8. The van der Waals surface area contributed by atoms with Crippen LogP contribution in [0.4, 0.5) is 16.4 Å². The number of ether oxygens (including phenoxy) is 1. The highest BCUT2D eigenvalue weighted by molar-refractivity contribution is 5.95. The third-order valence-corrected chi connectivity index (χ3v) is 8.12. The van der Waals surface area contributed by atoms with Crippen molar-refractivity contribution >= 4 is 34.9 Å². The molecule has 0 radical (unpaired) electrons.